The van der Waals surface area contributed by atoms with Gasteiger partial charge in [0.05, 0.1) is 12.3 Å². The SMILES string of the molecule is CC(C)=O.CCCCN1CCN(C)C1C.CCCCN1CCN(C)C1C.Cl.O=S(=O)([O-])C(F)(F)C(F)F.O=S(=O)([O-])C(F)(F)C(F)F.[Cl-].[K+].[K+]. The van der Waals surface area contributed by atoms with Gasteiger partial charge in [-0.3, -0.25) is 19.6 Å². The van der Waals surface area contributed by atoms with Crippen molar-refractivity contribution in [2.24, 2.45) is 0 Å². The molecule has 11 nitrogen and oxygen atoms in total. The fraction of sp³-hybridized carbons (Fsp3) is 0.960. The Morgan fingerprint density at radius 3 is 1.02 bits per heavy atom. The maximum absolute atomic E-state index is 11.4. The number of likely N-dealkylation sites (N-methyl/N-ethyl adjacent to an activating group) is 2. The number of carbonyl (C=O) groups excluding carboxylic acids is 1. The molecule has 0 saturated carbocycles. The third kappa shape index (κ3) is 28.1. The van der Waals surface area contributed by atoms with Gasteiger partial charge in [0.15, 0.2) is 20.2 Å². The summed E-state index contributed by atoms with van der Waals surface area (Å²) in [6, 6.07) is 0. The number of Topliss-reactive ketones (excluding diaryl/α,β-unsaturated/α-hetero) is 1. The van der Waals surface area contributed by atoms with Crippen LogP contribution >= 0.6 is 12.4 Å². The Kier molecular flexibility index (Phi) is 44.0. The van der Waals surface area contributed by atoms with Crippen molar-refractivity contribution < 1.29 is 181 Å². The van der Waals surface area contributed by atoms with E-state index in [9.17, 15) is 65.9 Å². The minimum atomic E-state index is -6.23. The van der Waals surface area contributed by atoms with E-state index in [1.807, 2.05) is 0 Å². The van der Waals surface area contributed by atoms with E-state index >= 15 is 0 Å². The second-order valence-corrected chi connectivity index (χ2v) is 13.5. The number of hydrogen-bond acceptors (Lipinski definition) is 11. The summed E-state index contributed by atoms with van der Waals surface area (Å²) in [5.41, 5.74) is 0. The van der Waals surface area contributed by atoms with Crippen molar-refractivity contribution in [3.63, 3.8) is 0 Å². The van der Waals surface area contributed by atoms with Gasteiger partial charge in [-0.1, -0.05) is 26.7 Å². The topological polar surface area (TPSA) is 144 Å². The quantitative estimate of drug-likeness (QED) is 0.119. The van der Waals surface area contributed by atoms with E-state index < -0.39 is 43.6 Å². The number of carbonyl (C=O) groups is 1. The Morgan fingerprint density at radius 1 is 0.700 bits per heavy atom. The van der Waals surface area contributed by atoms with Crippen LogP contribution in [0, 0.1) is 0 Å². The summed E-state index contributed by atoms with van der Waals surface area (Å²) < 4.78 is 145. The number of unbranched alkanes of at least 4 members (excludes halogenated alkanes) is 2. The molecule has 0 aliphatic carbocycles. The zero-order chi connectivity index (χ0) is 37.3. The fourth-order valence-electron chi connectivity index (χ4n) is 3.42. The van der Waals surface area contributed by atoms with Crippen LogP contribution in [0.25, 0.3) is 0 Å². The van der Waals surface area contributed by atoms with Crippen LogP contribution in [0.2, 0.25) is 0 Å². The molecule has 0 N–H and O–H groups in total. The number of halogens is 10. The Labute approximate surface area is 389 Å². The van der Waals surface area contributed by atoms with Crippen LogP contribution in [-0.2, 0) is 25.0 Å². The molecule has 50 heavy (non-hydrogen) atoms. The van der Waals surface area contributed by atoms with E-state index in [1.165, 1.54) is 78.8 Å². The molecule has 0 spiro atoms. The Balaban J connectivity index is -0.0000000928. The molecule has 2 aliphatic heterocycles. The Bertz CT molecular complexity index is 1000. The van der Waals surface area contributed by atoms with Gasteiger partial charge in [0.2, 0.25) is 0 Å². The minimum absolute atomic E-state index is 0. The fourth-order valence-corrected chi connectivity index (χ4v) is 3.85. The van der Waals surface area contributed by atoms with E-state index in [4.69, 9.17) is 0 Å². The molecule has 2 aliphatic rings. The molecule has 0 aromatic carbocycles. The van der Waals surface area contributed by atoms with Gasteiger partial charge in [0.25, 0.3) is 0 Å². The molecule has 2 fully saturated rings. The first-order chi connectivity index (χ1) is 20.6. The number of rotatable bonds is 10. The summed E-state index contributed by atoms with van der Waals surface area (Å²) in [6.07, 6.45) is -2.30. The maximum atomic E-state index is 11.4. The first kappa shape index (κ1) is 67.4. The van der Waals surface area contributed by atoms with Crippen molar-refractivity contribution in [2.75, 3.05) is 53.4 Å². The first-order valence-corrected chi connectivity index (χ1v) is 17.0. The van der Waals surface area contributed by atoms with Crippen LogP contribution in [0.4, 0.5) is 35.1 Å². The second kappa shape index (κ2) is 32.7. The number of alkyl halides is 8. The van der Waals surface area contributed by atoms with Gasteiger partial charge in [-0.25, -0.2) is 34.4 Å². The van der Waals surface area contributed by atoms with Crippen LogP contribution in [0.3, 0.4) is 0 Å². The molecular weight excluding hydrogens is 834 g/mol. The number of nitrogens with zero attached hydrogens (tertiary/aromatic N) is 4. The smallest absolute Gasteiger partial charge is 1.00 e. The van der Waals surface area contributed by atoms with Crippen molar-refractivity contribution in [3.05, 3.63) is 0 Å². The molecular formula is C25H49Cl2F8K2N4O7S2-. The third-order valence-electron chi connectivity index (χ3n) is 6.59. The number of ketones is 1. The Hall–Kier alpha value is 2.62. The van der Waals surface area contributed by atoms with Crippen molar-refractivity contribution in [3.8, 4) is 0 Å². The molecule has 2 heterocycles. The van der Waals surface area contributed by atoms with Crippen molar-refractivity contribution in [2.45, 2.75) is 103 Å². The molecule has 0 amide bonds. The zero-order valence-corrected chi connectivity index (χ0v) is 39.6. The van der Waals surface area contributed by atoms with E-state index in [-0.39, 0.29) is 133 Å². The molecule has 0 bridgehead atoms. The van der Waals surface area contributed by atoms with Crippen molar-refractivity contribution >= 4 is 38.4 Å². The van der Waals surface area contributed by atoms with Gasteiger partial charge in [-0.05, 0) is 67.7 Å². The van der Waals surface area contributed by atoms with Gasteiger partial charge < -0.3 is 26.3 Å². The summed E-state index contributed by atoms with van der Waals surface area (Å²) >= 11 is 0. The van der Waals surface area contributed by atoms with Crippen LogP contribution in [0.1, 0.15) is 67.2 Å². The summed E-state index contributed by atoms with van der Waals surface area (Å²) in [5.74, 6) is 0.167. The Morgan fingerprint density at radius 2 is 0.920 bits per heavy atom. The summed E-state index contributed by atoms with van der Waals surface area (Å²) in [7, 11) is -8.06. The first-order valence-electron chi connectivity index (χ1n) is 14.2. The largest absolute Gasteiger partial charge is 1.00 e. The van der Waals surface area contributed by atoms with E-state index in [2.05, 4.69) is 61.4 Å². The minimum Gasteiger partial charge on any atom is -1.00 e. The predicted octanol–water partition coefficient (Wildman–Crippen LogP) is -4.43. The van der Waals surface area contributed by atoms with Gasteiger partial charge in [0.1, 0.15) is 5.78 Å². The normalized spacial score (nSPS) is 18.6. The maximum Gasteiger partial charge on any atom is 1.00 e. The predicted molar refractivity (Wildman–Crippen MR) is 162 cm³/mol. The van der Waals surface area contributed by atoms with Crippen molar-refractivity contribution in [1.29, 1.82) is 0 Å². The molecule has 296 valence electrons. The zero-order valence-electron chi connectivity index (χ0n) is 30.2. The molecule has 25 heteroatoms. The summed E-state index contributed by atoms with van der Waals surface area (Å²) in [6.45, 7) is 19.7. The molecule has 0 aromatic rings. The molecule has 2 saturated heterocycles. The van der Waals surface area contributed by atoms with E-state index in [0.717, 1.165) is 0 Å². The summed E-state index contributed by atoms with van der Waals surface area (Å²) in [4.78, 5) is 19.4. The molecule has 2 unspecified atom stereocenters. The van der Waals surface area contributed by atoms with Crippen LogP contribution in [0.15, 0.2) is 0 Å². The van der Waals surface area contributed by atoms with Crippen LogP contribution in [0.5, 0.6) is 0 Å². The molecule has 0 radical (unpaired) electrons. The van der Waals surface area contributed by atoms with E-state index in [0.29, 0.717) is 12.3 Å². The summed E-state index contributed by atoms with van der Waals surface area (Å²) in [5, 5.41) is -11.0. The second-order valence-electron chi connectivity index (χ2n) is 10.5. The molecule has 2 rings (SSSR count). The average Bonchev–Trinajstić information content (AvgIpc) is 3.40. The average molecular weight is 883 g/mol. The standard InChI is InChI=1S/2C9H20N2.C3H6O.2C2H2F4O3S.2ClH.2K/c2*1-4-5-6-11-8-7-10(3)9(11)2;1-3(2)4;2*3-1(4)2(5,6)10(7,8)9;;;;/h2*9H,4-8H2,1-3H3;1-2H3;2*1H,(H,7,8,9);2*1H;;/q;;;;;;;2*+1/p-3. The van der Waals surface area contributed by atoms with Gasteiger partial charge >= 0.3 is 126 Å². The molecule has 2 atom stereocenters. The van der Waals surface area contributed by atoms with Crippen molar-refractivity contribution in [1.82, 2.24) is 19.6 Å². The van der Waals surface area contributed by atoms with Gasteiger partial charge in [-0.2, -0.15) is 17.6 Å². The number of hydrogen-bond donors (Lipinski definition) is 0. The monoisotopic (exact) mass is 881 g/mol. The third-order valence-corrected chi connectivity index (χ3v) is 8.27. The van der Waals surface area contributed by atoms with Crippen LogP contribution < -0.4 is 115 Å². The van der Waals surface area contributed by atoms with E-state index in [1.54, 1.807) is 0 Å². The van der Waals surface area contributed by atoms with Gasteiger partial charge in [0, 0.05) is 26.2 Å². The van der Waals surface area contributed by atoms with Gasteiger partial charge in [-0.15, -0.1) is 12.4 Å². The molecule has 0 aromatic heterocycles. The van der Waals surface area contributed by atoms with Crippen LogP contribution in [-0.4, -0.2) is 140 Å².